The van der Waals surface area contributed by atoms with Crippen molar-refractivity contribution in [3.05, 3.63) is 23.8 Å². The molecule has 1 aromatic carbocycles. The van der Waals surface area contributed by atoms with Gasteiger partial charge in [0.1, 0.15) is 4.90 Å². The Labute approximate surface area is 108 Å². The maximum absolute atomic E-state index is 12.2. The van der Waals surface area contributed by atoms with E-state index in [1.165, 1.54) is 6.07 Å². The number of hydrogen-bond donors (Lipinski definition) is 1. The molecule has 1 aromatic rings. The summed E-state index contributed by atoms with van der Waals surface area (Å²) in [6, 6.07) is 3.23. The lowest BCUT2D eigenvalue weighted by molar-refractivity contribution is -0.275. The topological polar surface area (TPSA) is 63.6 Å². The molecule has 0 bridgehead atoms. The number of ether oxygens (including phenoxy) is 1. The van der Waals surface area contributed by atoms with Gasteiger partial charge in [-0.25, -0.2) is 0 Å². The molecule has 0 aliphatic rings. The first-order valence-electron chi connectivity index (χ1n) is 5.41. The SMILES string of the molecule is CCC(C)c1ccc(S(=O)(=O)O)c(OC(F)(F)F)c1. The van der Waals surface area contributed by atoms with Gasteiger partial charge in [-0.3, -0.25) is 4.55 Å². The van der Waals surface area contributed by atoms with E-state index in [1.54, 1.807) is 6.92 Å². The second-order valence-corrected chi connectivity index (χ2v) is 5.43. The monoisotopic (exact) mass is 298 g/mol. The normalized spacial score (nSPS) is 14.2. The number of hydrogen-bond acceptors (Lipinski definition) is 3. The van der Waals surface area contributed by atoms with Crippen molar-refractivity contribution in [2.75, 3.05) is 0 Å². The van der Waals surface area contributed by atoms with Gasteiger partial charge in [-0.1, -0.05) is 19.9 Å². The minimum atomic E-state index is -5.03. The van der Waals surface area contributed by atoms with Crippen LogP contribution in [0.3, 0.4) is 0 Å². The van der Waals surface area contributed by atoms with Crippen molar-refractivity contribution in [1.82, 2.24) is 0 Å². The lowest BCUT2D eigenvalue weighted by atomic mass is 9.99. The first kappa shape index (κ1) is 15.8. The molecule has 8 heteroatoms. The van der Waals surface area contributed by atoms with E-state index in [0.717, 1.165) is 12.1 Å². The fraction of sp³-hybridized carbons (Fsp3) is 0.455. The zero-order valence-corrected chi connectivity index (χ0v) is 11.0. The molecule has 0 amide bonds. The average molecular weight is 298 g/mol. The number of rotatable bonds is 4. The van der Waals surface area contributed by atoms with Crippen molar-refractivity contribution in [1.29, 1.82) is 0 Å². The summed E-state index contributed by atoms with van der Waals surface area (Å²) in [6.07, 6.45) is -4.37. The molecule has 108 valence electrons. The molecule has 4 nitrogen and oxygen atoms in total. The predicted molar refractivity (Wildman–Crippen MR) is 61.6 cm³/mol. The first-order chi connectivity index (χ1) is 8.54. The third kappa shape index (κ3) is 4.39. The Kier molecular flexibility index (Phi) is 4.46. The average Bonchev–Trinajstić information content (AvgIpc) is 2.24. The maximum atomic E-state index is 12.2. The molecule has 0 saturated heterocycles. The van der Waals surface area contributed by atoms with E-state index in [1.807, 2.05) is 6.92 Å². The van der Waals surface area contributed by atoms with E-state index < -0.39 is 27.1 Å². The smallest absolute Gasteiger partial charge is 0.404 e. The molecular weight excluding hydrogens is 285 g/mol. The van der Waals surface area contributed by atoms with Crippen molar-refractivity contribution in [2.45, 2.75) is 37.4 Å². The van der Waals surface area contributed by atoms with Crippen molar-refractivity contribution >= 4 is 10.1 Å². The third-order valence-electron chi connectivity index (χ3n) is 2.65. The van der Waals surface area contributed by atoms with E-state index in [9.17, 15) is 21.6 Å². The van der Waals surface area contributed by atoms with Crippen LogP contribution >= 0.6 is 0 Å². The standard InChI is InChI=1S/C11H13F3O4S/c1-3-7(2)8-4-5-10(19(15,16)17)9(6-8)18-11(12,13)14/h4-7H,3H2,1-2H3,(H,15,16,17). The van der Waals surface area contributed by atoms with Crippen LogP contribution < -0.4 is 4.74 Å². The van der Waals surface area contributed by atoms with Gasteiger partial charge in [0.2, 0.25) is 0 Å². The molecular formula is C11H13F3O4S. The first-order valence-corrected chi connectivity index (χ1v) is 6.85. The predicted octanol–water partition coefficient (Wildman–Crippen LogP) is 3.35. The van der Waals surface area contributed by atoms with Crippen LogP contribution in [0.1, 0.15) is 31.7 Å². The summed E-state index contributed by atoms with van der Waals surface area (Å²) in [6.45, 7) is 3.62. The van der Waals surface area contributed by atoms with Gasteiger partial charge in [-0.2, -0.15) is 8.42 Å². The lowest BCUT2D eigenvalue weighted by Gasteiger charge is -2.15. The molecule has 1 N–H and O–H groups in total. The van der Waals surface area contributed by atoms with Gasteiger partial charge in [0.05, 0.1) is 0 Å². The summed E-state index contributed by atoms with van der Waals surface area (Å²) in [4.78, 5) is -0.906. The molecule has 0 saturated carbocycles. The number of benzene rings is 1. The zero-order chi connectivity index (χ0) is 14.8. The fourth-order valence-corrected chi connectivity index (χ4v) is 2.08. The van der Waals surface area contributed by atoms with Crippen molar-refractivity contribution in [3.8, 4) is 5.75 Å². The Morgan fingerprint density at radius 2 is 1.95 bits per heavy atom. The summed E-state index contributed by atoms with van der Waals surface area (Å²) in [7, 11) is -4.78. The van der Waals surface area contributed by atoms with Crippen LogP contribution in [0.15, 0.2) is 23.1 Å². The van der Waals surface area contributed by atoms with Gasteiger partial charge in [-0.05, 0) is 30.0 Å². The third-order valence-corrected chi connectivity index (χ3v) is 3.55. The largest absolute Gasteiger partial charge is 0.573 e. The summed E-state index contributed by atoms with van der Waals surface area (Å²) in [5.41, 5.74) is 0.495. The molecule has 19 heavy (non-hydrogen) atoms. The highest BCUT2D eigenvalue weighted by atomic mass is 32.2. The van der Waals surface area contributed by atoms with E-state index in [2.05, 4.69) is 4.74 Å². The highest BCUT2D eigenvalue weighted by molar-refractivity contribution is 7.86. The molecule has 0 radical (unpaired) electrons. The summed E-state index contributed by atoms with van der Waals surface area (Å²) in [5.74, 6) is -0.987. The second kappa shape index (κ2) is 5.38. The van der Waals surface area contributed by atoms with Gasteiger partial charge < -0.3 is 4.74 Å². The molecule has 1 atom stereocenters. The quantitative estimate of drug-likeness (QED) is 0.866. The Balaban J connectivity index is 3.35. The van der Waals surface area contributed by atoms with Gasteiger partial charge in [0.15, 0.2) is 5.75 Å². The summed E-state index contributed by atoms with van der Waals surface area (Å²) >= 11 is 0. The van der Waals surface area contributed by atoms with Gasteiger partial charge in [0.25, 0.3) is 10.1 Å². The molecule has 0 aliphatic heterocycles. The summed E-state index contributed by atoms with van der Waals surface area (Å²) < 4.78 is 71.2. The van der Waals surface area contributed by atoms with Crippen LogP contribution in [-0.4, -0.2) is 19.3 Å². The Bertz CT molecular complexity index is 552. The van der Waals surface area contributed by atoms with Crippen LogP contribution in [0.2, 0.25) is 0 Å². The van der Waals surface area contributed by atoms with Gasteiger partial charge in [0, 0.05) is 0 Å². The molecule has 1 unspecified atom stereocenters. The Morgan fingerprint density at radius 1 is 1.37 bits per heavy atom. The number of halogens is 3. The highest BCUT2D eigenvalue weighted by Crippen LogP contribution is 2.33. The van der Waals surface area contributed by atoms with E-state index >= 15 is 0 Å². The Hall–Kier alpha value is -1.28. The minimum Gasteiger partial charge on any atom is -0.404 e. The Morgan fingerprint density at radius 3 is 2.37 bits per heavy atom. The van der Waals surface area contributed by atoms with Crippen molar-refractivity contribution in [3.63, 3.8) is 0 Å². The molecule has 0 heterocycles. The minimum absolute atomic E-state index is 0.0639. The molecule has 1 rings (SSSR count). The van der Waals surface area contributed by atoms with Crippen LogP contribution in [-0.2, 0) is 10.1 Å². The lowest BCUT2D eigenvalue weighted by Crippen LogP contribution is -2.19. The highest BCUT2D eigenvalue weighted by Gasteiger charge is 2.34. The van der Waals surface area contributed by atoms with Crippen molar-refractivity contribution in [2.24, 2.45) is 0 Å². The van der Waals surface area contributed by atoms with Crippen LogP contribution in [0.5, 0.6) is 5.75 Å². The van der Waals surface area contributed by atoms with Crippen molar-refractivity contribution < 1.29 is 30.9 Å². The van der Waals surface area contributed by atoms with Gasteiger partial charge in [-0.15, -0.1) is 13.2 Å². The molecule has 0 fully saturated rings. The van der Waals surface area contributed by atoms with Crippen LogP contribution in [0, 0.1) is 0 Å². The van der Waals surface area contributed by atoms with E-state index in [-0.39, 0.29) is 5.92 Å². The van der Waals surface area contributed by atoms with E-state index in [0.29, 0.717) is 12.0 Å². The van der Waals surface area contributed by atoms with Crippen LogP contribution in [0.4, 0.5) is 13.2 Å². The second-order valence-electron chi connectivity index (χ2n) is 4.04. The number of alkyl halides is 3. The summed E-state index contributed by atoms with van der Waals surface area (Å²) in [5, 5.41) is 0. The zero-order valence-electron chi connectivity index (χ0n) is 10.2. The fourth-order valence-electron chi connectivity index (χ4n) is 1.48. The molecule has 0 aromatic heterocycles. The molecule has 0 aliphatic carbocycles. The van der Waals surface area contributed by atoms with E-state index in [4.69, 9.17) is 4.55 Å². The van der Waals surface area contributed by atoms with Crippen LogP contribution in [0.25, 0.3) is 0 Å². The molecule has 0 spiro atoms. The maximum Gasteiger partial charge on any atom is 0.573 e. The van der Waals surface area contributed by atoms with Gasteiger partial charge >= 0.3 is 6.36 Å².